The summed E-state index contributed by atoms with van der Waals surface area (Å²) in [7, 11) is 0. The van der Waals surface area contributed by atoms with Crippen molar-refractivity contribution in [2.24, 2.45) is 0 Å². The van der Waals surface area contributed by atoms with Crippen molar-refractivity contribution in [1.29, 1.82) is 0 Å². The summed E-state index contributed by atoms with van der Waals surface area (Å²) < 4.78 is 6.24. The molecule has 1 aliphatic heterocycles. The summed E-state index contributed by atoms with van der Waals surface area (Å²) in [4.78, 5) is 11.6. The minimum Gasteiger partial charge on any atom is -0.376 e. The number of rotatable bonds is 3. The maximum absolute atomic E-state index is 11.6. The lowest BCUT2D eigenvalue weighted by atomic mass is 10.2. The SMILES string of the molecule is O=C(NCC1CCCO1)c1[nH]ncc1I. The van der Waals surface area contributed by atoms with Gasteiger partial charge in [-0.25, -0.2) is 0 Å². The zero-order valence-electron chi connectivity index (χ0n) is 8.12. The second-order valence-corrected chi connectivity index (χ2v) is 4.60. The van der Waals surface area contributed by atoms with Gasteiger partial charge in [0.2, 0.25) is 0 Å². The third-order valence-corrected chi connectivity index (χ3v) is 3.15. The zero-order chi connectivity index (χ0) is 10.7. The van der Waals surface area contributed by atoms with E-state index in [2.05, 4.69) is 38.1 Å². The average molecular weight is 321 g/mol. The van der Waals surface area contributed by atoms with Gasteiger partial charge in [0, 0.05) is 13.2 Å². The van der Waals surface area contributed by atoms with E-state index in [1.165, 1.54) is 0 Å². The molecule has 0 radical (unpaired) electrons. The highest BCUT2D eigenvalue weighted by Gasteiger charge is 2.18. The number of aromatic amines is 1. The Labute approximate surface area is 101 Å². The van der Waals surface area contributed by atoms with Crippen LogP contribution in [-0.2, 0) is 4.74 Å². The topological polar surface area (TPSA) is 67.0 Å². The van der Waals surface area contributed by atoms with E-state index in [0.29, 0.717) is 12.2 Å². The van der Waals surface area contributed by atoms with Crippen LogP contribution in [0.15, 0.2) is 6.20 Å². The van der Waals surface area contributed by atoms with Gasteiger partial charge in [-0.3, -0.25) is 9.89 Å². The fraction of sp³-hybridized carbons (Fsp3) is 0.556. The molecule has 1 fully saturated rings. The van der Waals surface area contributed by atoms with Crippen molar-refractivity contribution in [2.45, 2.75) is 18.9 Å². The molecule has 2 N–H and O–H groups in total. The Hall–Kier alpha value is -0.630. The van der Waals surface area contributed by atoms with Crippen LogP contribution in [0, 0.1) is 3.57 Å². The number of H-pyrrole nitrogens is 1. The summed E-state index contributed by atoms with van der Waals surface area (Å²) in [6.45, 7) is 1.38. The molecule has 5 nitrogen and oxygen atoms in total. The predicted molar refractivity (Wildman–Crippen MR) is 62.6 cm³/mol. The molecule has 0 aliphatic carbocycles. The van der Waals surface area contributed by atoms with Gasteiger partial charge in [-0.2, -0.15) is 5.10 Å². The maximum atomic E-state index is 11.6. The van der Waals surface area contributed by atoms with Crippen molar-refractivity contribution in [2.75, 3.05) is 13.2 Å². The number of carbonyl (C=O) groups is 1. The van der Waals surface area contributed by atoms with Crippen molar-refractivity contribution < 1.29 is 9.53 Å². The summed E-state index contributed by atoms with van der Waals surface area (Å²) >= 11 is 2.07. The Morgan fingerprint density at radius 1 is 1.80 bits per heavy atom. The van der Waals surface area contributed by atoms with Crippen molar-refractivity contribution in [3.8, 4) is 0 Å². The number of aromatic nitrogens is 2. The third-order valence-electron chi connectivity index (χ3n) is 2.33. The van der Waals surface area contributed by atoms with E-state index in [-0.39, 0.29) is 12.0 Å². The fourth-order valence-electron chi connectivity index (χ4n) is 1.53. The van der Waals surface area contributed by atoms with Crippen LogP contribution in [0.1, 0.15) is 23.3 Å². The molecule has 1 atom stereocenters. The number of amides is 1. The smallest absolute Gasteiger partial charge is 0.270 e. The molecule has 0 bridgehead atoms. The van der Waals surface area contributed by atoms with Gasteiger partial charge in [0.1, 0.15) is 5.69 Å². The van der Waals surface area contributed by atoms with E-state index in [4.69, 9.17) is 4.74 Å². The number of hydrogen-bond acceptors (Lipinski definition) is 3. The zero-order valence-corrected chi connectivity index (χ0v) is 10.3. The number of nitrogens with one attached hydrogen (secondary N) is 2. The molecule has 6 heteroatoms. The quantitative estimate of drug-likeness (QED) is 0.814. The molecule has 1 aliphatic rings. The van der Waals surface area contributed by atoms with Crippen LogP contribution in [0.4, 0.5) is 0 Å². The van der Waals surface area contributed by atoms with E-state index in [1.807, 2.05) is 0 Å². The van der Waals surface area contributed by atoms with Crippen molar-refractivity contribution >= 4 is 28.5 Å². The molecule has 1 aromatic rings. The van der Waals surface area contributed by atoms with Crippen LogP contribution >= 0.6 is 22.6 Å². The fourth-order valence-corrected chi connectivity index (χ4v) is 2.04. The first-order chi connectivity index (χ1) is 7.27. The average Bonchev–Trinajstić information content (AvgIpc) is 2.84. The monoisotopic (exact) mass is 321 g/mol. The Balaban J connectivity index is 1.84. The van der Waals surface area contributed by atoms with Gasteiger partial charge < -0.3 is 10.1 Å². The van der Waals surface area contributed by atoms with Gasteiger partial charge in [0.25, 0.3) is 5.91 Å². The van der Waals surface area contributed by atoms with Crippen LogP contribution < -0.4 is 5.32 Å². The third kappa shape index (κ3) is 2.69. The highest BCUT2D eigenvalue weighted by Crippen LogP contribution is 2.11. The molecule has 1 unspecified atom stereocenters. The summed E-state index contributed by atoms with van der Waals surface area (Å²) in [6.07, 6.45) is 3.92. The molecule has 0 saturated carbocycles. The summed E-state index contributed by atoms with van der Waals surface area (Å²) in [5.41, 5.74) is 0.522. The minimum absolute atomic E-state index is 0.118. The van der Waals surface area contributed by atoms with Crippen LogP contribution in [0.2, 0.25) is 0 Å². The van der Waals surface area contributed by atoms with Crippen molar-refractivity contribution in [3.05, 3.63) is 15.5 Å². The van der Waals surface area contributed by atoms with Crippen LogP contribution in [0.5, 0.6) is 0 Å². The second-order valence-electron chi connectivity index (χ2n) is 3.44. The molecule has 0 spiro atoms. The highest BCUT2D eigenvalue weighted by atomic mass is 127. The van der Waals surface area contributed by atoms with E-state index < -0.39 is 0 Å². The Kier molecular flexibility index (Phi) is 3.57. The van der Waals surface area contributed by atoms with Gasteiger partial charge >= 0.3 is 0 Å². The molecule has 0 aromatic carbocycles. The largest absolute Gasteiger partial charge is 0.376 e. The number of carbonyl (C=O) groups excluding carboxylic acids is 1. The van der Waals surface area contributed by atoms with E-state index >= 15 is 0 Å². The standard InChI is InChI=1S/C9H12IN3O2/c10-7-5-12-13-8(7)9(14)11-4-6-2-1-3-15-6/h5-6H,1-4H2,(H,11,14)(H,12,13). The van der Waals surface area contributed by atoms with E-state index in [9.17, 15) is 4.79 Å². The summed E-state index contributed by atoms with van der Waals surface area (Å²) in [6, 6.07) is 0. The lowest BCUT2D eigenvalue weighted by Crippen LogP contribution is -2.32. The highest BCUT2D eigenvalue weighted by molar-refractivity contribution is 14.1. The lowest BCUT2D eigenvalue weighted by Gasteiger charge is -2.09. The van der Waals surface area contributed by atoms with Gasteiger partial charge in [-0.15, -0.1) is 0 Å². The van der Waals surface area contributed by atoms with Gasteiger partial charge in [0.05, 0.1) is 15.9 Å². The Bertz CT molecular complexity index is 347. The minimum atomic E-state index is -0.118. The van der Waals surface area contributed by atoms with Crippen LogP contribution in [0.3, 0.4) is 0 Å². The normalized spacial score (nSPS) is 20.5. The van der Waals surface area contributed by atoms with Gasteiger partial charge in [0.15, 0.2) is 0 Å². The molecule has 1 aromatic heterocycles. The van der Waals surface area contributed by atoms with Gasteiger partial charge in [-0.05, 0) is 35.4 Å². The summed E-state index contributed by atoms with van der Waals surface area (Å²) in [5.74, 6) is -0.118. The molecule has 2 heterocycles. The summed E-state index contributed by atoms with van der Waals surface area (Å²) in [5, 5.41) is 9.30. The molecule has 82 valence electrons. The first-order valence-electron chi connectivity index (χ1n) is 4.86. The molecule has 1 amide bonds. The number of hydrogen-bond donors (Lipinski definition) is 2. The number of ether oxygens (including phenoxy) is 1. The lowest BCUT2D eigenvalue weighted by molar-refractivity contribution is 0.0853. The first kappa shape index (κ1) is 10.9. The first-order valence-corrected chi connectivity index (χ1v) is 5.94. The van der Waals surface area contributed by atoms with Gasteiger partial charge in [-0.1, -0.05) is 0 Å². The Morgan fingerprint density at radius 3 is 3.27 bits per heavy atom. The second kappa shape index (κ2) is 4.93. The van der Waals surface area contributed by atoms with E-state index in [1.54, 1.807) is 6.20 Å². The molecule has 1 saturated heterocycles. The number of halogens is 1. The van der Waals surface area contributed by atoms with Crippen LogP contribution in [0.25, 0.3) is 0 Å². The Morgan fingerprint density at radius 2 is 2.67 bits per heavy atom. The van der Waals surface area contributed by atoms with Crippen LogP contribution in [-0.4, -0.2) is 35.4 Å². The molecule has 15 heavy (non-hydrogen) atoms. The predicted octanol–water partition coefficient (Wildman–Crippen LogP) is 0.923. The molecular weight excluding hydrogens is 309 g/mol. The van der Waals surface area contributed by atoms with Crippen molar-refractivity contribution in [3.63, 3.8) is 0 Å². The molecular formula is C9H12IN3O2. The van der Waals surface area contributed by atoms with E-state index in [0.717, 1.165) is 23.0 Å². The van der Waals surface area contributed by atoms with Crippen molar-refractivity contribution in [1.82, 2.24) is 15.5 Å². The number of nitrogens with zero attached hydrogens (tertiary/aromatic N) is 1. The molecule has 2 rings (SSSR count). The maximum Gasteiger partial charge on any atom is 0.270 e.